The maximum atomic E-state index is 12.3. The van der Waals surface area contributed by atoms with Gasteiger partial charge in [-0.25, -0.2) is 19.9 Å². The van der Waals surface area contributed by atoms with E-state index in [4.69, 9.17) is 87.5 Å². The average Bonchev–Trinajstić information content (AvgIpc) is 1.62. The van der Waals surface area contributed by atoms with Gasteiger partial charge < -0.3 is 56.3 Å². The molecule has 4 aliphatic rings. The van der Waals surface area contributed by atoms with Crippen molar-refractivity contribution in [1.29, 1.82) is 0 Å². The minimum absolute atomic E-state index is 0.146. The number of nitrogens with one attached hydrogen (secondary N) is 1. The number of aromatic hydroxyl groups is 2. The van der Waals surface area contributed by atoms with Crippen LogP contribution in [0.3, 0.4) is 0 Å². The fourth-order valence-electron chi connectivity index (χ4n) is 8.45. The molecule has 99 heavy (non-hydrogen) atoms. The Bertz CT molecular complexity index is 4300. The molecule has 3 saturated carbocycles. The number of halogens is 6. The number of carbonyl (C=O) groups is 2. The standard InChI is InChI=1S/C21H18ClN3O2.C14H13ClN2O.C11H17BN2O2.C11H9ClN2O.C7H7NO2.C6H4BrClO.C3H5I/c1-13-8-9-23-12-18(13)21(26)25-20-7-2-14(11-24-20)17-6-5-16(10-19(17)22)27-15-3-4-15;15-13-7-11(18-10-2-3-10)4-5-12(13)9-1-6-14(16)17-8-9;1-10(2)11(3,4)16-12(15-10)8-5-6-9(13)14-7-8;12-10-5-8(15)2-3-9(10)7-1-4-11(13)14-6-7;1-6-2-3-8-4-7(6)10-5-9;7-5-2-1-4(9)3-6(5)8;4-3-1-2-3/h2,5-12,15H,3-4H2,1H3,(H,24,25,26);1,4-8,10H,2-3H2,(H2,16,17);5-7H,1-4H3,(H2,13,14);1-6,15H,(H2,13,14);2-5H,1H3;1-3,9H;3H,1-2H2. The lowest BCUT2D eigenvalue weighted by Gasteiger charge is -2.32. The van der Waals surface area contributed by atoms with Gasteiger partial charge in [0, 0.05) is 90.6 Å². The highest BCUT2D eigenvalue weighted by atomic mass is 127. The van der Waals surface area contributed by atoms with Crippen molar-refractivity contribution in [1.82, 2.24) is 29.9 Å². The van der Waals surface area contributed by atoms with Crippen molar-refractivity contribution in [3.63, 3.8) is 0 Å². The van der Waals surface area contributed by atoms with Crippen molar-refractivity contribution in [2.75, 3.05) is 22.5 Å². The van der Waals surface area contributed by atoms with Gasteiger partial charge in [-0.3, -0.25) is 19.6 Å². The summed E-state index contributed by atoms with van der Waals surface area (Å²) >= 11 is 29.9. The summed E-state index contributed by atoms with van der Waals surface area (Å²) in [4.78, 5) is 46.4. The summed E-state index contributed by atoms with van der Waals surface area (Å²) in [5, 5.41) is 23.1. The van der Waals surface area contributed by atoms with E-state index in [0.717, 1.165) is 95.6 Å². The van der Waals surface area contributed by atoms with Crippen molar-refractivity contribution in [2.24, 2.45) is 0 Å². The predicted molar refractivity (Wildman–Crippen MR) is 407 cm³/mol. The van der Waals surface area contributed by atoms with Crippen LogP contribution in [0, 0.1) is 13.8 Å². The lowest BCUT2D eigenvalue weighted by molar-refractivity contribution is -0.120. The Balaban J connectivity index is 0.000000155. The third-order valence-electron chi connectivity index (χ3n) is 15.2. The zero-order valence-corrected chi connectivity index (χ0v) is 61.7. The summed E-state index contributed by atoms with van der Waals surface area (Å²) in [5.41, 5.74) is 24.4. The first-order valence-corrected chi connectivity index (χ1v) is 34.7. The number of aryl methyl sites for hydroxylation is 2. The molecule has 0 unspecified atom stereocenters. The smallest absolute Gasteiger partial charge is 0.496 e. The average molecular weight is 1590 g/mol. The predicted octanol–water partition coefficient (Wildman–Crippen LogP) is 17.4. The number of anilines is 4. The minimum atomic E-state index is -0.363. The van der Waals surface area contributed by atoms with E-state index in [1.807, 2.05) is 102 Å². The zero-order valence-electron chi connectivity index (χ0n) is 54.9. The minimum Gasteiger partial charge on any atom is -0.508 e. The SMILES string of the molecule is CC1(C)OB(c2ccc(N)nc2)OC1(C)C.Cc1ccncc1C(=O)Nc1ccc(-c2ccc(OC3CC3)cc2Cl)cn1.Cc1ccncc1OC=O.IC1CC1.Nc1ccc(-c2ccc(O)cc2Cl)cn1.Nc1ccc(-c2ccc(OC3CC3)cc2Cl)cn1.Oc1ccc(Br)c(Cl)c1. The summed E-state index contributed by atoms with van der Waals surface area (Å²) in [6.45, 7) is 12.2. The number of phenolic OH excluding ortho intramolecular Hbond substituents is 2. The number of pyridine rings is 6. The number of hydrogen-bond donors (Lipinski definition) is 6. The Morgan fingerprint density at radius 1 is 0.576 bits per heavy atom. The van der Waals surface area contributed by atoms with Crippen LogP contribution in [-0.4, -0.2) is 86.9 Å². The van der Waals surface area contributed by atoms with Gasteiger partial charge in [0.1, 0.15) is 46.3 Å². The van der Waals surface area contributed by atoms with Gasteiger partial charge in [-0.1, -0.05) is 75.1 Å². The van der Waals surface area contributed by atoms with E-state index in [2.05, 4.69) is 78.5 Å². The first-order valence-electron chi connectivity index (χ1n) is 31.1. The zero-order chi connectivity index (χ0) is 71.4. The highest BCUT2D eigenvalue weighted by molar-refractivity contribution is 14.1. The first kappa shape index (κ1) is 76.4. The molecule has 1 aliphatic heterocycles. The summed E-state index contributed by atoms with van der Waals surface area (Å²) in [6, 6.07) is 39.0. The summed E-state index contributed by atoms with van der Waals surface area (Å²) in [5.74, 6) is 4.16. The molecule has 14 rings (SSSR count). The lowest BCUT2D eigenvalue weighted by Crippen LogP contribution is -2.41. The molecule has 4 fully saturated rings. The maximum Gasteiger partial charge on any atom is 0.496 e. The molecule has 0 spiro atoms. The normalized spacial score (nSPS) is 14.2. The number of nitrogens with two attached hydrogens (primary N) is 3. The molecule has 9 N–H and O–H groups in total. The number of nitrogen functional groups attached to an aromatic ring is 3. The molecule has 10 aromatic rings. The molecule has 0 bridgehead atoms. The number of nitrogens with zero attached hydrogens (tertiary/aromatic N) is 6. The Morgan fingerprint density at radius 3 is 1.41 bits per heavy atom. The Kier molecular flexibility index (Phi) is 27.9. The number of phenols is 2. The summed E-state index contributed by atoms with van der Waals surface area (Å²) in [6.07, 6.45) is 21.3. The van der Waals surface area contributed by atoms with Crippen LogP contribution in [0.2, 0.25) is 20.1 Å². The lowest BCUT2D eigenvalue weighted by atomic mass is 9.80. The van der Waals surface area contributed by atoms with Gasteiger partial charge in [-0.05, 0) is 235 Å². The van der Waals surface area contributed by atoms with Gasteiger partial charge >= 0.3 is 7.12 Å². The summed E-state index contributed by atoms with van der Waals surface area (Å²) < 4.78 is 29.7. The van der Waals surface area contributed by atoms with Crippen LogP contribution in [0.15, 0.2) is 188 Å². The molecular weight excluding hydrogens is 1520 g/mol. The fourth-order valence-corrected chi connectivity index (χ4v) is 10.1. The third-order valence-corrected chi connectivity index (χ3v) is 18.6. The van der Waals surface area contributed by atoms with Gasteiger partial charge in [0.15, 0.2) is 5.75 Å². The topological polar surface area (TPSA) is 288 Å². The van der Waals surface area contributed by atoms with Crippen LogP contribution < -0.4 is 42.2 Å². The van der Waals surface area contributed by atoms with Crippen LogP contribution in [0.1, 0.15) is 87.7 Å². The van der Waals surface area contributed by atoms with Crippen molar-refractivity contribution in [3.8, 4) is 62.1 Å². The second-order valence-corrected chi connectivity index (χ2v) is 28.1. The number of ether oxygens (including phenoxy) is 3. The second kappa shape index (κ2) is 36.1. The number of rotatable bonds is 12. The fraction of sp³-hybridized carbons (Fsp3) is 0.233. The molecule has 6 aromatic heterocycles. The molecule has 26 heteroatoms. The highest BCUT2D eigenvalue weighted by Gasteiger charge is 2.51. The molecule has 19 nitrogen and oxygen atoms in total. The van der Waals surface area contributed by atoms with Gasteiger partial charge in [0.25, 0.3) is 12.4 Å². The van der Waals surface area contributed by atoms with E-state index in [1.54, 1.807) is 104 Å². The van der Waals surface area contributed by atoms with E-state index in [-0.39, 0.29) is 35.7 Å². The molecule has 514 valence electrons. The molecule has 3 aliphatic carbocycles. The molecule has 7 heterocycles. The Labute approximate surface area is 617 Å². The quantitative estimate of drug-likeness (QED) is 0.0287. The second-order valence-electron chi connectivity index (χ2n) is 23.8. The molecule has 4 aromatic carbocycles. The van der Waals surface area contributed by atoms with Gasteiger partial charge in [-0.2, -0.15) is 0 Å². The van der Waals surface area contributed by atoms with E-state index >= 15 is 0 Å². The highest BCUT2D eigenvalue weighted by Crippen LogP contribution is 2.39. The van der Waals surface area contributed by atoms with Crippen LogP contribution in [0.25, 0.3) is 33.4 Å². The van der Waals surface area contributed by atoms with E-state index in [1.165, 1.54) is 31.2 Å². The van der Waals surface area contributed by atoms with E-state index in [9.17, 15) is 14.7 Å². The van der Waals surface area contributed by atoms with Crippen LogP contribution >= 0.6 is 84.9 Å². The Hall–Kier alpha value is -8.33. The van der Waals surface area contributed by atoms with E-state index < -0.39 is 0 Å². The van der Waals surface area contributed by atoms with Crippen LogP contribution in [0.4, 0.5) is 23.3 Å². The van der Waals surface area contributed by atoms with Gasteiger partial charge in [0.2, 0.25) is 0 Å². The third kappa shape index (κ3) is 24.2. The largest absolute Gasteiger partial charge is 0.508 e. The number of aromatic nitrogens is 6. The monoisotopic (exact) mass is 1590 g/mol. The van der Waals surface area contributed by atoms with Crippen molar-refractivity contribution >= 4 is 133 Å². The number of amides is 1. The number of carbonyl (C=O) groups excluding carboxylic acids is 2. The molecule has 0 atom stereocenters. The van der Waals surface area contributed by atoms with Gasteiger partial charge in [-0.15, -0.1) is 0 Å². The van der Waals surface area contributed by atoms with E-state index in [0.29, 0.717) is 73.4 Å². The van der Waals surface area contributed by atoms with Crippen molar-refractivity contribution < 1.29 is 43.3 Å². The molecule has 0 radical (unpaired) electrons. The number of hydrogen-bond acceptors (Lipinski definition) is 18. The maximum absolute atomic E-state index is 12.3. The molecular formula is C73H73BBrCl4IN10O9. The molecule has 1 saturated heterocycles. The Morgan fingerprint density at radius 2 is 1.02 bits per heavy atom. The van der Waals surface area contributed by atoms with Crippen molar-refractivity contribution in [2.45, 2.75) is 107 Å². The number of alkyl halides is 1. The molecule has 1 amide bonds. The summed E-state index contributed by atoms with van der Waals surface area (Å²) in [7, 11) is -0.363. The van der Waals surface area contributed by atoms with Crippen LogP contribution in [0.5, 0.6) is 28.7 Å². The van der Waals surface area contributed by atoms with Crippen molar-refractivity contribution in [3.05, 3.63) is 224 Å². The first-order chi connectivity index (χ1) is 47.2. The number of benzene rings is 4. The van der Waals surface area contributed by atoms with Crippen LogP contribution in [-0.2, 0) is 14.1 Å². The van der Waals surface area contributed by atoms with Gasteiger partial charge in [0.05, 0.1) is 55.3 Å².